The summed E-state index contributed by atoms with van der Waals surface area (Å²) in [5.74, 6) is -0.0471. The number of carbonyl (C=O) groups is 1. The molecule has 3 N–H and O–H groups in total. The van der Waals surface area contributed by atoms with Crippen molar-refractivity contribution in [3.63, 3.8) is 0 Å². The molecule has 1 rings (SSSR count). The first-order valence-electron chi connectivity index (χ1n) is 7.17. The number of nitrogens with zero attached hydrogens (tertiary/aromatic N) is 2. The number of amides is 1. The van der Waals surface area contributed by atoms with Crippen LogP contribution in [0.5, 0.6) is 0 Å². The second-order valence-corrected chi connectivity index (χ2v) is 6.86. The van der Waals surface area contributed by atoms with Gasteiger partial charge in [0.1, 0.15) is 0 Å². The molecule has 0 aliphatic carbocycles. The third-order valence-corrected chi connectivity index (χ3v) is 3.73. The summed E-state index contributed by atoms with van der Waals surface area (Å²) in [6.07, 6.45) is 0. The van der Waals surface area contributed by atoms with Crippen LogP contribution in [0.1, 0.15) is 27.7 Å². The van der Waals surface area contributed by atoms with Gasteiger partial charge >= 0.3 is 0 Å². The van der Waals surface area contributed by atoms with Crippen molar-refractivity contribution in [2.24, 2.45) is 11.1 Å². The van der Waals surface area contributed by atoms with Crippen molar-refractivity contribution in [2.75, 3.05) is 39.8 Å². The average molecular weight is 380 g/mol. The molecule has 1 fully saturated rings. The second kappa shape index (κ2) is 11.7. The standard InChI is InChI=1S/C14H30N4O.3ClH/c1-11(10-18-8-6-17(5)7-9-18)16-13(19)12(15)14(2,3)4;;;/h11-12H,6-10,15H2,1-5H3,(H,16,19);3*1H/t11?,12-;;;/m1.../s1. The molecule has 5 nitrogen and oxygen atoms in total. The Labute approximate surface area is 154 Å². The number of piperazine rings is 1. The van der Waals surface area contributed by atoms with Gasteiger partial charge in [-0.1, -0.05) is 20.8 Å². The van der Waals surface area contributed by atoms with Gasteiger partial charge in [-0.2, -0.15) is 0 Å². The maximum absolute atomic E-state index is 12.0. The van der Waals surface area contributed by atoms with Crippen LogP contribution in [0.4, 0.5) is 0 Å². The van der Waals surface area contributed by atoms with Gasteiger partial charge in [0.05, 0.1) is 6.04 Å². The molecule has 0 aromatic rings. The molecule has 0 bridgehead atoms. The van der Waals surface area contributed by atoms with E-state index in [2.05, 4.69) is 22.2 Å². The molecule has 8 heteroatoms. The van der Waals surface area contributed by atoms with Gasteiger partial charge in [-0.25, -0.2) is 0 Å². The lowest BCUT2D eigenvalue weighted by molar-refractivity contribution is -0.125. The predicted octanol–water partition coefficient (Wildman–Crippen LogP) is 1.38. The number of halogens is 3. The highest BCUT2D eigenvalue weighted by atomic mass is 35.5. The maximum atomic E-state index is 12.0. The van der Waals surface area contributed by atoms with Gasteiger partial charge < -0.3 is 16.0 Å². The Kier molecular flexibility index (Phi) is 14.4. The molecule has 1 unspecified atom stereocenters. The fraction of sp³-hybridized carbons (Fsp3) is 0.929. The first-order valence-corrected chi connectivity index (χ1v) is 7.17. The Morgan fingerprint density at radius 1 is 1.14 bits per heavy atom. The monoisotopic (exact) mass is 378 g/mol. The molecule has 1 amide bonds. The van der Waals surface area contributed by atoms with E-state index in [4.69, 9.17) is 5.73 Å². The second-order valence-electron chi connectivity index (χ2n) is 6.86. The molecule has 1 heterocycles. The highest BCUT2D eigenvalue weighted by Crippen LogP contribution is 2.17. The molecule has 2 atom stereocenters. The zero-order valence-corrected chi connectivity index (χ0v) is 16.7. The molecule has 0 aromatic heterocycles. The molecule has 0 radical (unpaired) electrons. The van der Waals surface area contributed by atoms with Crippen molar-refractivity contribution < 1.29 is 4.79 Å². The van der Waals surface area contributed by atoms with Crippen LogP contribution >= 0.6 is 37.2 Å². The first-order chi connectivity index (χ1) is 8.70. The highest BCUT2D eigenvalue weighted by Gasteiger charge is 2.28. The van der Waals surface area contributed by atoms with Gasteiger partial charge in [-0.05, 0) is 19.4 Å². The molecular weight excluding hydrogens is 347 g/mol. The Bertz CT molecular complexity index is 305. The van der Waals surface area contributed by atoms with E-state index >= 15 is 0 Å². The Balaban J connectivity index is -0.00000120. The molecule has 22 heavy (non-hydrogen) atoms. The van der Waals surface area contributed by atoms with E-state index < -0.39 is 6.04 Å². The van der Waals surface area contributed by atoms with Crippen LogP contribution in [0.25, 0.3) is 0 Å². The number of hydrogen-bond acceptors (Lipinski definition) is 4. The lowest BCUT2D eigenvalue weighted by atomic mass is 9.87. The minimum absolute atomic E-state index is 0. The van der Waals surface area contributed by atoms with Crippen LogP contribution in [0, 0.1) is 5.41 Å². The fourth-order valence-corrected chi connectivity index (χ4v) is 2.19. The summed E-state index contributed by atoms with van der Waals surface area (Å²) in [6, 6.07) is -0.313. The summed E-state index contributed by atoms with van der Waals surface area (Å²) in [7, 11) is 2.14. The van der Waals surface area contributed by atoms with Gasteiger partial charge in [0.2, 0.25) is 5.91 Å². The van der Waals surface area contributed by atoms with Crippen molar-refractivity contribution in [1.29, 1.82) is 0 Å². The summed E-state index contributed by atoms with van der Waals surface area (Å²) < 4.78 is 0. The van der Waals surface area contributed by atoms with Crippen molar-refractivity contribution >= 4 is 43.1 Å². The maximum Gasteiger partial charge on any atom is 0.237 e. The largest absolute Gasteiger partial charge is 0.351 e. The molecule has 1 aliphatic rings. The van der Waals surface area contributed by atoms with Crippen LogP contribution in [0.3, 0.4) is 0 Å². The predicted molar refractivity (Wildman–Crippen MR) is 101 cm³/mol. The number of rotatable bonds is 4. The van der Waals surface area contributed by atoms with Crippen LogP contribution in [0.2, 0.25) is 0 Å². The van der Waals surface area contributed by atoms with Crippen LogP contribution in [-0.2, 0) is 4.79 Å². The van der Waals surface area contributed by atoms with Crippen LogP contribution in [-0.4, -0.2) is 67.6 Å². The summed E-state index contributed by atoms with van der Waals surface area (Å²) >= 11 is 0. The normalized spacial score (nSPS) is 19.0. The van der Waals surface area contributed by atoms with Crippen molar-refractivity contribution in [2.45, 2.75) is 39.8 Å². The number of nitrogens with one attached hydrogen (secondary N) is 1. The van der Waals surface area contributed by atoms with Crippen molar-refractivity contribution in [3.05, 3.63) is 0 Å². The smallest absolute Gasteiger partial charge is 0.237 e. The molecule has 1 saturated heterocycles. The summed E-state index contributed by atoms with van der Waals surface area (Å²) in [5.41, 5.74) is 5.76. The molecule has 1 aliphatic heterocycles. The van der Waals surface area contributed by atoms with Crippen molar-refractivity contribution in [1.82, 2.24) is 15.1 Å². The van der Waals surface area contributed by atoms with E-state index in [0.29, 0.717) is 0 Å². The minimum Gasteiger partial charge on any atom is -0.351 e. The molecular formula is C14H33Cl3N4O. The number of nitrogens with two attached hydrogens (primary N) is 1. The van der Waals surface area contributed by atoms with E-state index in [0.717, 1.165) is 32.7 Å². The lowest BCUT2D eigenvalue weighted by Gasteiger charge is -2.34. The topological polar surface area (TPSA) is 61.6 Å². The average Bonchev–Trinajstić information content (AvgIpc) is 2.29. The lowest BCUT2D eigenvalue weighted by Crippen LogP contribution is -2.54. The summed E-state index contributed by atoms with van der Waals surface area (Å²) in [6.45, 7) is 13.3. The number of hydrogen-bond donors (Lipinski definition) is 2. The summed E-state index contributed by atoms with van der Waals surface area (Å²) in [4.78, 5) is 16.8. The zero-order chi connectivity index (χ0) is 14.6. The first kappa shape index (κ1) is 27.1. The van der Waals surface area contributed by atoms with Gasteiger partial charge in [0.15, 0.2) is 0 Å². The Morgan fingerprint density at radius 2 is 1.59 bits per heavy atom. The SMILES string of the molecule is CC(CN1CCN(C)CC1)NC(=O)[C@@H](N)C(C)(C)C.Cl.Cl.Cl. The van der Waals surface area contributed by atoms with Gasteiger partial charge in [0, 0.05) is 38.8 Å². The van der Waals surface area contributed by atoms with Gasteiger partial charge in [0.25, 0.3) is 0 Å². The molecule has 0 saturated carbocycles. The zero-order valence-electron chi connectivity index (χ0n) is 14.3. The number of likely N-dealkylation sites (N-methyl/N-ethyl adjacent to an activating group) is 1. The summed E-state index contributed by atoms with van der Waals surface area (Å²) in [5, 5.41) is 3.03. The quantitative estimate of drug-likeness (QED) is 0.774. The van der Waals surface area contributed by atoms with E-state index in [1.54, 1.807) is 0 Å². The van der Waals surface area contributed by atoms with E-state index in [9.17, 15) is 4.79 Å². The van der Waals surface area contributed by atoms with E-state index in [1.165, 1.54) is 0 Å². The van der Waals surface area contributed by atoms with Crippen LogP contribution < -0.4 is 11.1 Å². The Hall–Kier alpha value is 0.220. The molecule has 136 valence electrons. The fourth-order valence-electron chi connectivity index (χ4n) is 2.19. The van der Waals surface area contributed by atoms with E-state index in [-0.39, 0.29) is 54.6 Å². The highest BCUT2D eigenvalue weighted by molar-refractivity contribution is 5.86. The Morgan fingerprint density at radius 3 is 2.00 bits per heavy atom. The van der Waals surface area contributed by atoms with Gasteiger partial charge in [-0.3, -0.25) is 9.69 Å². The minimum atomic E-state index is -0.456. The van der Waals surface area contributed by atoms with Crippen molar-refractivity contribution in [3.8, 4) is 0 Å². The molecule has 0 spiro atoms. The van der Waals surface area contributed by atoms with Crippen LogP contribution in [0.15, 0.2) is 0 Å². The third kappa shape index (κ3) is 9.38. The molecule has 0 aromatic carbocycles. The van der Waals surface area contributed by atoms with Gasteiger partial charge in [-0.15, -0.1) is 37.2 Å². The van der Waals surface area contributed by atoms with E-state index in [1.807, 2.05) is 27.7 Å². The third-order valence-electron chi connectivity index (χ3n) is 3.73. The number of carbonyl (C=O) groups excluding carboxylic acids is 1.